The third-order valence-corrected chi connectivity index (χ3v) is 3.60. The summed E-state index contributed by atoms with van der Waals surface area (Å²) in [5, 5.41) is 0. The molecule has 0 aliphatic rings. The van der Waals surface area contributed by atoms with Gasteiger partial charge in [-0.05, 0) is 12.6 Å². The van der Waals surface area contributed by atoms with Crippen LogP contribution in [0.4, 0.5) is 0 Å². The van der Waals surface area contributed by atoms with Gasteiger partial charge in [0.15, 0.2) is 0 Å². The van der Waals surface area contributed by atoms with Crippen molar-refractivity contribution in [2.75, 3.05) is 6.16 Å². The molecule has 0 saturated carbocycles. The van der Waals surface area contributed by atoms with Crippen LogP contribution in [0.5, 0.6) is 0 Å². The average Bonchev–Trinajstić information content (AvgIpc) is 2.02. The minimum absolute atomic E-state index is 0.684. The van der Waals surface area contributed by atoms with Crippen molar-refractivity contribution in [2.45, 2.75) is 51.9 Å². The molecule has 0 bridgehead atoms. The molecule has 0 aromatic heterocycles. The Kier molecular flexibility index (Phi) is 10.9. The summed E-state index contributed by atoms with van der Waals surface area (Å²) in [7, 11) is 0. The molecule has 0 saturated heterocycles. The van der Waals surface area contributed by atoms with Crippen LogP contribution in [-0.2, 0) is 0 Å². The topological polar surface area (TPSA) is 0 Å². The van der Waals surface area contributed by atoms with Crippen molar-refractivity contribution in [2.24, 2.45) is 0 Å². The highest BCUT2D eigenvalue weighted by Crippen LogP contribution is 2.47. The summed E-state index contributed by atoms with van der Waals surface area (Å²) in [6.07, 6.45) is 10.4. The second kappa shape index (κ2) is 10.1. The van der Waals surface area contributed by atoms with E-state index in [9.17, 15) is 0 Å². The van der Waals surface area contributed by atoms with Gasteiger partial charge in [-0.15, -0.1) is 0 Å². The number of hydrogen-bond donors (Lipinski definition) is 0. The second-order valence-electron chi connectivity index (χ2n) is 3.15. The van der Waals surface area contributed by atoms with E-state index in [4.69, 9.17) is 22.5 Å². The monoisotopic (exact) mass is 228 g/mol. The zero-order chi connectivity index (χ0) is 9.23. The van der Waals surface area contributed by atoms with E-state index in [0.717, 1.165) is 6.16 Å². The van der Waals surface area contributed by atoms with Gasteiger partial charge in [-0.25, -0.2) is 0 Å². The minimum atomic E-state index is -0.684. The van der Waals surface area contributed by atoms with Gasteiger partial charge >= 0.3 is 0 Å². The molecular formula is C9H19Cl2P. The highest BCUT2D eigenvalue weighted by molar-refractivity contribution is 8.03. The van der Waals surface area contributed by atoms with Crippen molar-refractivity contribution in [1.82, 2.24) is 0 Å². The number of hydrogen-bond acceptors (Lipinski definition) is 0. The van der Waals surface area contributed by atoms with E-state index in [1.807, 2.05) is 0 Å². The van der Waals surface area contributed by atoms with Gasteiger partial charge in [0, 0.05) is 0 Å². The summed E-state index contributed by atoms with van der Waals surface area (Å²) >= 11 is 11.3. The molecule has 0 fully saturated rings. The van der Waals surface area contributed by atoms with Gasteiger partial charge in [-0.3, -0.25) is 0 Å². The molecule has 0 radical (unpaired) electrons. The van der Waals surface area contributed by atoms with Gasteiger partial charge in [0.2, 0.25) is 0 Å². The van der Waals surface area contributed by atoms with Crippen LogP contribution in [0.1, 0.15) is 51.9 Å². The molecule has 0 heterocycles. The van der Waals surface area contributed by atoms with Crippen LogP contribution in [0.2, 0.25) is 0 Å². The maximum absolute atomic E-state index is 5.67. The van der Waals surface area contributed by atoms with Crippen LogP contribution in [0.3, 0.4) is 0 Å². The van der Waals surface area contributed by atoms with Crippen molar-refractivity contribution in [3.8, 4) is 0 Å². The summed E-state index contributed by atoms with van der Waals surface area (Å²) in [6.45, 7) is 1.56. The Morgan fingerprint density at radius 1 is 0.833 bits per heavy atom. The summed E-state index contributed by atoms with van der Waals surface area (Å²) < 4.78 is 0. The van der Waals surface area contributed by atoms with Gasteiger partial charge in [0.05, 0.1) is 6.63 Å². The Morgan fingerprint density at radius 3 is 1.83 bits per heavy atom. The fraction of sp³-hybridized carbons (Fsp3) is 1.00. The molecule has 0 aromatic rings. The highest BCUT2D eigenvalue weighted by atomic mass is 35.9. The third kappa shape index (κ3) is 11.0. The lowest BCUT2D eigenvalue weighted by Gasteiger charge is -2.01. The molecule has 0 aliphatic carbocycles. The van der Waals surface area contributed by atoms with Gasteiger partial charge in [-0.1, -0.05) is 67.9 Å². The van der Waals surface area contributed by atoms with E-state index in [1.165, 1.54) is 44.9 Å². The van der Waals surface area contributed by atoms with Crippen LogP contribution in [0.25, 0.3) is 0 Å². The molecule has 74 valence electrons. The van der Waals surface area contributed by atoms with Gasteiger partial charge < -0.3 is 0 Å². The zero-order valence-electron chi connectivity index (χ0n) is 7.86. The average molecular weight is 229 g/mol. The summed E-state index contributed by atoms with van der Waals surface area (Å²) in [5.41, 5.74) is 0. The van der Waals surface area contributed by atoms with Crippen molar-refractivity contribution in [3.63, 3.8) is 0 Å². The van der Waals surface area contributed by atoms with E-state index in [0.29, 0.717) is 0 Å². The molecule has 0 rings (SSSR count). The Morgan fingerprint density at radius 2 is 1.33 bits per heavy atom. The molecular weight excluding hydrogens is 210 g/mol. The largest absolute Gasteiger partial charge is 0.0854 e. The molecule has 0 aromatic carbocycles. The van der Waals surface area contributed by atoms with Crippen LogP contribution >= 0.6 is 29.1 Å². The highest BCUT2D eigenvalue weighted by Gasteiger charge is 1.97. The summed E-state index contributed by atoms with van der Waals surface area (Å²) in [5.74, 6) is 0. The van der Waals surface area contributed by atoms with E-state index in [1.54, 1.807) is 0 Å². The van der Waals surface area contributed by atoms with Gasteiger partial charge in [0.25, 0.3) is 0 Å². The standard InChI is InChI=1S/C9H19Cl2P/c1-2-3-4-5-6-7-8-9-12(10)11/h2-9H2,1H3. The molecule has 0 nitrogen and oxygen atoms in total. The smallest absolute Gasteiger partial charge is 0.0781 e. The zero-order valence-corrected chi connectivity index (χ0v) is 10.3. The molecule has 0 spiro atoms. The van der Waals surface area contributed by atoms with E-state index < -0.39 is 6.63 Å². The molecule has 0 amide bonds. The fourth-order valence-electron chi connectivity index (χ4n) is 1.19. The SMILES string of the molecule is CCCCCCCCCP(Cl)Cl. The maximum atomic E-state index is 5.67. The molecule has 12 heavy (non-hydrogen) atoms. The molecule has 3 heteroatoms. The van der Waals surface area contributed by atoms with Crippen LogP contribution in [0.15, 0.2) is 0 Å². The first-order chi connectivity index (χ1) is 5.77. The summed E-state index contributed by atoms with van der Waals surface area (Å²) in [4.78, 5) is 0. The molecule has 0 unspecified atom stereocenters. The first-order valence-corrected chi connectivity index (χ1v) is 8.20. The lowest BCUT2D eigenvalue weighted by atomic mass is 10.1. The van der Waals surface area contributed by atoms with Crippen LogP contribution < -0.4 is 0 Å². The minimum Gasteiger partial charge on any atom is -0.0781 e. The predicted octanol–water partition coefficient (Wildman–Crippen LogP) is 5.53. The second-order valence-corrected chi connectivity index (χ2v) is 7.17. The van der Waals surface area contributed by atoms with Crippen molar-refractivity contribution in [3.05, 3.63) is 0 Å². The normalized spacial score (nSPS) is 11.0. The Labute approximate surface area is 87.3 Å². The predicted molar refractivity (Wildman–Crippen MR) is 61.5 cm³/mol. The van der Waals surface area contributed by atoms with E-state index in [-0.39, 0.29) is 0 Å². The number of halogens is 2. The summed E-state index contributed by atoms with van der Waals surface area (Å²) in [6, 6.07) is 0. The molecule has 0 N–H and O–H groups in total. The molecule has 0 aliphatic heterocycles. The van der Waals surface area contributed by atoms with Crippen LogP contribution in [-0.4, -0.2) is 6.16 Å². The molecule has 0 atom stereocenters. The first-order valence-electron chi connectivity index (χ1n) is 4.86. The van der Waals surface area contributed by atoms with Gasteiger partial charge in [0.1, 0.15) is 0 Å². The first kappa shape index (κ1) is 13.0. The van der Waals surface area contributed by atoms with Crippen molar-refractivity contribution < 1.29 is 0 Å². The Bertz CT molecular complexity index is 86.6. The number of unbranched alkanes of at least 4 members (excludes halogenated alkanes) is 6. The maximum Gasteiger partial charge on any atom is 0.0854 e. The fourth-order valence-corrected chi connectivity index (χ4v) is 2.37. The Balaban J connectivity index is 2.82. The lowest BCUT2D eigenvalue weighted by molar-refractivity contribution is 0.603. The lowest BCUT2D eigenvalue weighted by Crippen LogP contribution is -1.81. The quantitative estimate of drug-likeness (QED) is 0.379. The van der Waals surface area contributed by atoms with E-state index >= 15 is 0 Å². The number of rotatable bonds is 8. The Hall–Kier alpha value is 1.01. The van der Waals surface area contributed by atoms with Crippen molar-refractivity contribution >= 4 is 29.1 Å². The third-order valence-electron chi connectivity index (χ3n) is 1.93. The van der Waals surface area contributed by atoms with Crippen LogP contribution in [0, 0.1) is 0 Å². The van der Waals surface area contributed by atoms with Crippen molar-refractivity contribution in [1.29, 1.82) is 0 Å². The van der Waals surface area contributed by atoms with Gasteiger partial charge in [-0.2, -0.15) is 0 Å². The van der Waals surface area contributed by atoms with E-state index in [2.05, 4.69) is 6.92 Å².